The number of benzene rings is 1. The molecule has 1 heterocycles. The summed E-state index contributed by atoms with van der Waals surface area (Å²) in [5.41, 5.74) is 1.92. The number of anilines is 2. The van der Waals surface area contributed by atoms with Gasteiger partial charge in [-0.05, 0) is 56.9 Å². The van der Waals surface area contributed by atoms with Crippen LogP contribution in [-0.4, -0.2) is 43.0 Å². The summed E-state index contributed by atoms with van der Waals surface area (Å²) in [5.74, 6) is 0.487. The van der Waals surface area contributed by atoms with Crippen molar-refractivity contribution in [3.63, 3.8) is 0 Å². The number of carbonyl (C=O) groups is 1. The molecule has 0 aliphatic heterocycles. The van der Waals surface area contributed by atoms with E-state index in [1.807, 2.05) is 36.4 Å². The Morgan fingerprint density at radius 1 is 1.25 bits per heavy atom. The van der Waals surface area contributed by atoms with Crippen LogP contribution >= 0.6 is 15.9 Å². The first kappa shape index (κ1) is 18.4. The summed E-state index contributed by atoms with van der Waals surface area (Å²) < 4.78 is 0.968. The Bertz CT molecular complexity index is 658. The molecular formula is C18H23BrN4O. The molecule has 1 amide bonds. The number of nitrogens with zero attached hydrogens (tertiary/aromatic N) is 2. The number of carbonyl (C=O) groups excluding carboxylic acids is 1. The molecule has 0 fully saturated rings. The van der Waals surface area contributed by atoms with E-state index in [1.54, 1.807) is 6.20 Å². The highest BCUT2D eigenvalue weighted by Gasteiger charge is 2.05. The molecule has 0 radical (unpaired) electrons. The zero-order valence-electron chi connectivity index (χ0n) is 14.1. The van der Waals surface area contributed by atoms with E-state index < -0.39 is 0 Å². The third-order valence-electron chi connectivity index (χ3n) is 3.40. The van der Waals surface area contributed by atoms with Crippen molar-refractivity contribution >= 4 is 33.3 Å². The van der Waals surface area contributed by atoms with Gasteiger partial charge in [-0.2, -0.15) is 0 Å². The maximum atomic E-state index is 12.1. The molecule has 0 aliphatic carbocycles. The van der Waals surface area contributed by atoms with Gasteiger partial charge < -0.3 is 15.5 Å². The zero-order chi connectivity index (χ0) is 17.4. The van der Waals surface area contributed by atoms with E-state index in [4.69, 9.17) is 0 Å². The molecule has 5 nitrogen and oxygen atoms in total. The van der Waals surface area contributed by atoms with Gasteiger partial charge in [0.2, 0.25) is 5.91 Å². The Labute approximate surface area is 151 Å². The summed E-state index contributed by atoms with van der Waals surface area (Å²) in [6.45, 7) is 1.94. The predicted molar refractivity (Wildman–Crippen MR) is 102 cm³/mol. The van der Waals surface area contributed by atoms with Gasteiger partial charge in [-0.25, -0.2) is 4.98 Å². The molecular weight excluding hydrogens is 368 g/mol. The Hall–Kier alpha value is -1.92. The summed E-state index contributed by atoms with van der Waals surface area (Å²) in [6, 6.07) is 11.5. The van der Waals surface area contributed by atoms with Gasteiger partial charge in [0.05, 0.1) is 18.3 Å². The van der Waals surface area contributed by atoms with Crippen LogP contribution in [0.2, 0.25) is 0 Å². The molecule has 0 saturated carbocycles. The molecule has 6 heteroatoms. The average Bonchev–Trinajstić information content (AvgIpc) is 2.53. The standard InChI is InChI=1S/C18H23BrN4O/c1-23(2)10-4-9-20-16-7-8-17(21-13-16)22-18(24)12-14-5-3-6-15(19)11-14/h3,5-8,11,13,20H,4,9-10,12H2,1-2H3,(H,21,22,24). The van der Waals surface area contributed by atoms with Crippen molar-refractivity contribution in [1.82, 2.24) is 9.88 Å². The molecule has 128 valence electrons. The second-order valence-electron chi connectivity index (χ2n) is 5.87. The topological polar surface area (TPSA) is 57.3 Å². The van der Waals surface area contributed by atoms with Crippen LogP contribution in [-0.2, 0) is 11.2 Å². The third kappa shape index (κ3) is 6.68. The van der Waals surface area contributed by atoms with Crippen molar-refractivity contribution in [3.05, 3.63) is 52.6 Å². The lowest BCUT2D eigenvalue weighted by atomic mass is 10.1. The fourth-order valence-corrected chi connectivity index (χ4v) is 2.67. The number of nitrogens with one attached hydrogen (secondary N) is 2. The SMILES string of the molecule is CN(C)CCCNc1ccc(NC(=O)Cc2cccc(Br)c2)nc1. The van der Waals surface area contributed by atoms with Crippen LogP contribution in [0.3, 0.4) is 0 Å². The van der Waals surface area contributed by atoms with Gasteiger partial charge in [0.15, 0.2) is 0 Å². The Morgan fingerprint density at radius 2 is 2.08 bits per heavy atom. The first-order valence-corrected chi connectivity index (χ1v) is 8.71. The highest BCUT2D eigenvalue weighted by atomic mass is 79.9. The maximum absolute atomic E-state index is 12.1. The quantitative estimate of drug-likeness (QED) is 0.678. The molecule has 24 heavy (non-hydrogen) atoms. The summed E-state index contributed by atoms with van der Waals surface area (Å²) in [5, 5.41) is 6.14. The van der Waals surface area contributed by atoms with E-state index in [0.29, 0.717) is 12.2 Å². The molecule has 2 N–H and O–H groups in total. The third-order valence-corrected chi connectivity index (χ3v) is 3.89. The Kier molecular flexibility index (Phi) is 7.21. The van der Waals surface area contributed by atoms with Crippen molar-refractivity contribution < 1.29 is 4.79 Å². The van der Waals surface area contributed by atoms with Gasteiger partial charge in [-0.1, -0.05) is 28.1 Å². The maximum Gasteiger partial charge on any atom is 0.229 e. The minimum atomic E-state index is -0.0766. The second kappa shape index (κ2) is 9.39. The van der Waals surface area contributed by atoms with Crippen LogP contribution in [0.15, 0.2) is 47.1 Å². The highest BCUT2D eigenvalue weighted by Crippen LogP contribution is 2.13. The normalized spacial score (nSPS) is 10.7. The second-order valence-corrected chi connectivity index (χ2v) is 6.79. The minimum absolute atomic E-state index is 0.0766. The molecule has 2 rings (SSSR count). The monoisotopic (exact) mass is 390 g/mol. The van der Waals surface area contributed by atoms with Crippen molar-refractivity contribution in [1.29, 1.82) is 0 Å². The van der Waals surface area contributed by atoms with Crippen molar-refractivity contribution in [2.24, 2.45) is 0 Å². The molecule has 2 aromatic rings. The van der Waals surface area contributed by atoms with Crippen LogP contribution in [0.1, 0.15) is 12.0 Å². The number of hydrogen-bond donors (Lipinski definition) is 2. The summed E-state index contributed by atoms with van der Waals surface area (Å²) in [4.78, 5) is 18.5. The van der Waals surface area contributed by atoms with Crippen LogP contribution in [0.5, 0.6) is 0 Å². The molecule has 0 unspecified atom stereocenters. The lowest BCUT2D eigenvalue weighted by molar-refractivity contribution is -0.115. The lowest BCUT2D eigenvalue weighted by Gasteiger charge is -2.11. The van der Waals surface area contributed by atoms with Gasteiger partial charge in [0, 0.05) is 11.0 Å². The molecule has 1 aromatic heterocycles. The summed E-state index contributed by atoms with van der Waals surface area (Å²) >= 11 is 3.41. The summed E-state index contributed by atoms with van der Waals surface area (Å²) in [7, 11) is 4.13. The number of aromatic nitrogens is 1. The summed E-state index contributed by atoms with van der Waals surface area (Å²) in [6.07, 6.45) is 3.13. The molecule has 1 aromatic carbocycles. The number of hydrogen-bond acceptors (Lipinski definition) is 4. The number of halogens is 1. The van der Waals surface area contributed by atoms with Gasteiger partial charge in [-0.15, -0.1) is 0 Å². The predicted octanol–water partition coefficient (Wildman–Crippen LogP) is 3.39. The van der Waals surface area contributed by atoms with E-state index in [2.05, 4.69) is 50.5 Å². The van der Waals surface area contributed by atoms with Crippen molar-refractivity contribution in [2.45, 2.75) is 12.8 Å². The molecule has 0 spiro atoms. The molecule has 0 atom stereocenters. The van der Waals surface area contributed by atoms with Gasteiger partial charge in [0.25, 0.3) is 0 Å². The number of amides is 1. The van der Waals surface area contributed by atoms with E-state index in [-0.39, 0.29) is 5.91 Å². The van der Waals surface area contributed by atoms with Crippen LogP contribution < -0.4 is 10.6 Å². The van der Waals surface area contributed by atoms with Crippen LogP contribution in [0.25, 0.3) is 0 Å². The zero-order valence-corrected chi connectivity index (χ0v) is 15.6. The smallest absolute Gasteiger partial charge is 0.229 e. The van der Waals surface area contributed by atoms with E-state index in [0.717, 1.165) is 35.2 Å². The van der Waals surface area contributed by atoms with Crippen molar-refractivity contribution in [2.75, 3.05) is 37.8 Å². The fraction of sp³-hybridized carbons (Fsp3) is 0.333. The van der Waals surface area contributed by atoms with E-state index in [1.165, 1.54) is 0 Å². The first-order valence-electron chi connectivity index (χ1n) is 7.92. The first-order chi connectivity index (χ1) is 11.5. The molecule has 0 aliphatic rings. The highest BCUT2D eigenvalue weighted by molar-refractivity contribution is 9.10. The van der Waals surface area contributed by atoms with Gasteiger partial charge in [0.1, 0.15) is 5.82 Å². The van der Waals surface area contributed by atoms with E-state index in [9.17, 15) is 4.79 Å². The van der Waals surface area contributed by atoms with Crippen LogP contribution in [0.4, 0.5) is 11.5 Å². The Morgan fingerprint density at radius 3 is 2.75 bits per heavy atom. The lowest BCUT2D eigenvalue weighted by Crippen LogP contribution is -2.17. The minimum Gasteiger partial charge on any atom is -0.384 e. The van der Waals surface area contributed by atoms with E-state index >= 15 is 0 Å². The average molecular weight is 391 g/mol. The van der Waals surface area contributed by atoms with Crippen molar-refractivity contribution in [3.8, 4) is 0 Å². The fourth-order valence-electron chi connectivity index (χ4n) is 2.22. The van der Waals surface area contributed by atoms with Gasteiger partial charge in [-0.3, -0.25) is 4.79 Å². The van der Waals surface area contributed by atoms with Gasteiger partial charge >= 0.3 is 0 Å². The molecule has 0 bridgehead atoms. The number of rotatable bonds is 8. The largest absolute Gasteiger partial charge is 0.384 e. The molecule has 0 saturated heterocycles. The number of pyridine rings is 1. The van der Waals surface area contributed by atoms with Crippen LogP contribution in [0, 0.1) is 0 Å². The Balaban J connectivity index is 1.79.